The van der Waals surface area contributed by atoms with Crippen LogP contribution >= 0.6 is 0 Å². The Hall–Kier alpha value is -2.23. The number of carbonyl (C=O) groups excluding carboxylic acids is 3. The first-order chi connectivity index (χ1) is 12.1. The van der Waals surface area contributed by atoms with Gasteiger partial charge >= 0.3 is 5.97 Å². The van der Waals surface area contributed by atoms with Gasteiger partial charge in [0.25, 0.3) is 0 Å². The molecule has 26 heavy (non-hydrogen) atoms. The van der Waals surface area contributed by atoms with Crippen molar-refractivity contribution in [1.29, 1.82) is 0 Å². The summed E-state index contributed by atoms with van der Waals surface area (Å²) in [7, 11) is 0. The van der Waals surface area contributed by atoms with Gasteiger partial charge in [0.1, 0.15) is 6.10 Å². The largest absolute Gasteiger partial charge is 0.462 e. The first-order valence-corrected chi connectivity index (χ1v) is 9.23. The van der Waals surface area contributed by atoms with E-state index in [9.17, 15) is 14.4 Å². The normalized spacial score (nSPS) is 15.2. The van der Waals surface area contributed by atoms with Crippen LogP contribution in [0.15, 0.2) is 17.7 Å². The maximum Gasteiger partial charge on any atom is 0.302 e. The summed E-state index contributed by atoms with van der Waals surface area (Å²) in [5.41, 5.74) is 3.77. The maximum atomic E-state index is 12.8. The van der Waals surface area contributed by atoms with E-state index in [-0.39, 0.29) is 23.9 Å². The Morgan fingerprint density at radius 2 is 1.73 bits per heavy atom. The maximum absolute atomic E-state index is 12.8. The SMILES string of the molecule is CC(=O)OC(CCc1c(C)ccc2c1C(=O)C(=O)C(C(C)C)=C2)C(C)C. The summed E-state index contributed by atoms with van der Waals surface area (Å²) in [5, 5.41) is 0. The van der Waals surface area contributed by atoms with E-state index in [4.69, 9.17) is 4.74 Å². The third-order valence-electron chi connectivity index (χ3n) is 4.95. The van der Waals surface area contributed by atoms with E-state index in [1.165, 1.54) is 6.92 Å². The Morgan fingerprint density at radius 1 is 1.08 bits per heavy atom. The van der Waals surface area contributed by atoms with Gasteiger partial charge in [-0.25, -0.2) is 0 Å². The quantitative estimate of drug-likeness (QED) is 0.562. The average molecular weight is 356 g/mol. The Balaban J connectivity index is 2.40. The second-order valence-electron chi connectivity index (χ2n) is 7.67. The molecular formula is C22H28O4. The van der Waals surface area contributed by atoms with Crippen LogP contribution in [0.2, 0.25) is 0 Å². The fourth-order valence-corrected chi connectivity index (χ4v) is 3.42. The van der Waals surface area contributed by atoms with Gasteiger partial charge in [-0.2, -0.15) is 0 Å². The van der Waals surface area contributed by atoms with Crippen molar-refractivity contribution in [1.82, 2.24) is 0 Å². The lowest BCUT2D eigenvalue weighted by atomic mass is 9.80. The third kappa shape index (κ3) is 4.12. The molecule has 0 spiro atoms. The van der Waals surface area contributed by atoms with Crippen LogP contribution in [0.1, 0.15) is 68.1 Å². The molecule has 1 aliphatic rings. The highest BCUT2D eigenvalue weighted by Crippen LogP contribution is 2.31. The number of allylic oxidation sites excluding steroid dienone is 1. The second-order valence-corrected chi connectivity index (χ2v) is 7.67. The van der Waals surface area contributed by atoms with Crippen LogP contribution in [-0.2, 0) is 20.7 Å². The number of Topliss-reactive ketones (excluding diaryl/α,β-unsaturated/α-hetero) is 2. The van der Waals surface area contributed by atoms with Crippen LogP contribution in [0.4, 0.5) is 0 Å². The standard InChI is InChI=1S/C22H28O4/c1-12(2)18-11-16-8-7-14(5)17(20(16)22(25)21(18)24)9-10-19(13(3)4)26-15(6)23/h7-8,11-13,19H,9-10H2,1-6H3. The summed E-state index contributed by atoms with van der Waals surface area (Å²) in [5.74, 6) is -0.924. The van der Waals surface area contributed by atoms with Gasteiger partial charge in [0.05, 0.1) is 0 Å². The van der Waals surface area contributed by atoms with Gasteiger partial charge in [0.15, 0.2) is 0 Å². The number of benzene rings is 1. The van der Waals surface area contributed by atoms with Crippen LogP contribution in [0.5, 0.6) is 0 Å². The highest BCUT2D eigenvalue weighted by molar-refractivity contribution is 6.52. The minimum absolute atomic E-state index is 0.0126. The lowest BCUT2D eigenvalue weighted by Crippen LogP contribution is -2.27. The molecule has 1 aliphatic carbocycles. The summed E-state index contributed by atoms with van der Waals surface area (Å²) in [6.45, 7) is 11.2. The molecule has 0 radical (unpaired) electrons. The molecule has 4 heteroatoms. The van der Waals surface area contributed by atoms with Crippen LogP contribution in [0.25, 0.3) is 6.08 Å². The molecule has 4 nitrogen and oxygen atoms in total. The average Bonchev–Trinajstić information content (AvgIpc) is 2.55. The number of aryl methyl sites for hydroxylation is 1. The summed E-state index contributed by atoms with van der Waals surface area (Å²) in [6, 6.07) is 3.90. The Labute approximate surface area is 155 Å². The van der Waals surface area contributed by atoms with Crippen molar-refractivity contribution < 1.29 is 19.1 Å². The molecule has 2 rings (SSSR count). The number of esters is 1. The molecule has 0 aromatic heterocycles. The van der Waals surface area contributed by atoms with Crippen LogP contribution in [-0.4, -0.2) is 23.6 Å². The summed E-state index contributed by atoms with van der Waals surface area (Å²) < 4.78 is 5.41. The zero-order valence-corrected chi connectivity index (χ0v) is 16.5. The number of ether oxygens (including phenoxy) is 1. The van der Waals surface area contributed by atoms with Crippen molar-refractivity contribution in [3.05, 3.63) is 40.0 Å². The molecule has 0 heterocycles. The second kappa shape index (κ2) is 7.98. The molecule has 1 unspecified atom stereocenters. The van der Waals surface area contributed by atoms with Crippen molar-refractivity contribution in [3.63, 3.8) is 0 Å². The lowest BCUT2D eigenvalue weighted by Gasteiger charge is -2.24. The van der Waals surface area contributed by atoms with Crippen molar-refractivity contribution in [2.75, 3.05) is 0 Å². The molecule has 1 aromatic carbocycles. The van der Waals surface area contributed by atoms with Crippen molar-refractivity contribution in [3.8, 4) is 0 Å². The molecule has 0 saturated carbocycles. The highest BCUT2D eigenvalue weighted by Gasteiger charge is 2.31. The van der Waals surface area contributed by atoms with Crippen molar-refractivity contribution >= 4 is 23.6 Å². The zero-order chi connectivity index (χ0) is 19.6. The topological polar surface area (TPSA) is 60.4 Å². The Kier molecular flexibility index (Phi) is 6.17. The molecule has 0 bridgehead atoms. The van der Waals surface area contributed by atoms with Gasteiger partial charge < -0.3 is 4.74 Å². The Morgan fingerprint density at radius 3 is 2.27 bits per heavy atom. The smallest absolute Gasteiger partial charge is 0.302 e. The number of hydrogen-bond acceptors (Lipinski definition) is 4. The number of fused-ring (bicyclic) bond motifs is 1. The molecule has 0 saturated heterocycles. The molecule has 1 aromatic rings. The minimum Gasteiger partial charge on any atom is -0.462 e. The first kappa shape index (κ1) is 20.1. The molecule has 0 amide bonds. The number of rotatable bonds is 6. The van der Waals surface area contributed by atoms with Crippen molar-refractivity contribution in [2.24, 2.45) is 11.8 Å². The monoisotopic (exact) mass is 356 g/mol. The van der Waals surface area contributed by atoms with Gasteiger partial charge in [-0.1, -0.05) is 39.8 Å². The number of ketones is 2. The van der Waals surface area contributed by atoms with E-state index in [2.05, 4.69) is 0 Å². The van der Waals surface area contributed by atoms with Gasteiger partial charge in [0, 0.05) is 18.1 Å². The number of carbonyl (C=O) groups is 3. The van der Waals surface area contributed by atoms with E-state index >= 15 is 0 Å². The molecular weight excluding hydrogens is 328 g/mol. The fourth-order valence-electron chi connectivity index (χ4n) is 3.42. The van der Waals surface area contributed by atoms with E-state index in [0.717, 1.165) is 16.7 Å². The van der Waals surface area contributed by atoms with E-state index in [0.29, 0.717) is 24.0 Å². The van der Waals surface area contributed by atoms with Gasteiger partial charge in [-0.3, -0.25) is 14.4 Å². The van der Waals surface area contributed by atoms with Crippen LogP contribution in [0, 0.1) is 18.8 Å². The molecule has 0 fully saturated rings. The predicted octanol–water partition coefficient (Wildman–Crippen LogP) is 4.32. The van der Waals surface area contributed by atoms with E-state index < -0.39 is 11.6 Å². The Bertz CT molecular complexity index is 769. The fraction of sp³-hybridized carbons (Fsp3) is 0.500. The van der Waals surface area contributed by atoms with E-state index in [1.54, 1.807) is 0 Å². The van der Waals surface area contributed by atoms with Crippen LogP contribution in [0.3, 0.4) is 0 Å². The molecule has 0 N–H and O–H groups in total. The zero-order valence-electron chi connectivity index (χ0n) is 16.5. The summed E-state index contributed by atoms with van der Waals surface area (Å²) in [4.78, 5) is 36.6. The summed E-state index contributed by atoms with van der Waals surface area (Å²) >= 11 is 0. The number of hydrogen-bond donors (Lipinski definition) is 0. The minimum atomic E-state index is -0.418. The first-order valence-electron chi connectivity index (χ1n) is 9.23. The highest BCUT2D eigenvalue weighted by atomic mass is 16.5. The van der Waals surface area contributed by atoms with Gasteiger partial charge in [-0.15, -0.1) is 0 Å². The molecule has 1 atom stereocenters. The van der Waals surface area contributed by atoms with Gasteiger partial charge in [0.2, 0.25) is 11.6 Å². The lowest BCUT2D eigenvalue weighted by molar-refractivity contribution is -0.148. The van der Waals surface area contributed by atoms with E-state index in [1.807, 2.05) is 52.8 Å². The van der Waals surface area contributed by atoms with Gasteiger partial charge in [-0.05, 0) is 54.4 Å². The molecule has 0 aliphatic heterocycles. The summed E-state index contributed by atoms with van der Waals surface area (Å²) in [6.07, 6.45) is 2.85. The third-order valence-corrected chi connectivity index (χ3v) is 4.95. The molecule has 140 valence electrons. The van der Waals surface area contributed by atoms with Crippen LogP contribution < -0.4 is 0 Å². The predicted molar refractivity (Wildman–Crippen MR) is 102 cm³/mol. The van der Waals surface area contributed by atoms with Crippen molar-refractivity contribution in [2.45, 2.75) is 60.5 Å².